The van der Waals surface area contributed by atoms with Crippen LogP contribution >= 0.6 is 11.8 Å². The number of rotatable bonds is 5. The summed E-state index contributed by atoms with van der Waals surface area (Å²) in [5.74, 6) is 1.45. The topological polar surface area (TPSA) is 35.8 Å². The summed E-state index contributed by atoms with van der Waals surface area (Å²) in [7, 11) is 0. The van der Waals surface area contributed by atoms with Gasteiger partial charge in [0.15, 0.2) is 0 Å². The highest BCUT2D eigenvalue weighted by Gasteiger charge is 2.09. The molecule has 0 saturated heterocycles. The largest absolute Gasteiger partial charge is 0.354 e. The molecule has 0 bridgehead atoms. The lowest BCUT2D eigenvalue weighted by atomic mass is 10.0. The quantitative estimate of drug-likeness (QED) is 0.736. The van der Waals surface area contributed by atoms with Gasteiger partial charge in [0.2, 0.25) is 0 Å². The fourth-order valence-corrected chi connectivity index (χ4v) is 2.94. The molecule has 3 heteroatoms. The number of hydrogen-bond acceptors (Lipinski definition) is 3. The van der Waals surface area contributed by atoms with Crippen LogP contribution in [-0.2, 0) is 0 Å². The van der Waals surface area contributed by atoms with Gasteiger partial charge in [-0.1, -0.05) is 39.0 Å². The van der Waals surface area contributed by atoms with Crippen LogP contribution in [0.2, 0.25) is 0 Å². The van der Waals surface area contributed by atoms with Crippen LogP contribution in [0.15, 0.2) is 47.4 Å². The molecule has 1 N–H and O–H groups in total. The van der Waals surface area contributed by atoms with E-state index in [9.17, 15) is 5.26 Å². The Bertz CT molecular complexity index is 657. The van der Waals surface area contributed by atoms with E-state index in [0.717, 1.165) is 27.6 Å². The summed E-state index contributed by atoms with van der Waals surface area (Å²) < 4.78 is 0. The Morgan fingerprint density at radius 1 is 1.19 bits per heavy atom. The summed E-state index contributed by atoms with van der Waals surface area (Å²) in [6, 6.07) is 16.6. The van der Waals surface area contributed by atoms with Crippen LogP contribution in [-0.4, -0.2) is 5.75 Å². The molecule has 2 aromatic rings. The molecule has 21 heavy (non-hydrogen) atoms. The number of thioether (sulfide) groups is 1. The zero-order chi connectivity index (χ0) is 15.2. The number of benzene rings is 2. The molecule has 0 fully saturated rings. The van der Waals surface area contributed by atoms with Gasteiger partial charge < -0.3 is 5.32 Å². The van der Waals surface area contributed by atoms with Gasteiger partial charge in [-0.2, -0.15) is 5.26 Å². The second-order valence-electron chi connectivity index (χ2n) is 5.13. The van der Waals surface area contributed by atoms with Crippen molar-refractivity contribution in [2.24, 2.45) is 0 Å². The molecule has 108 valence electrons. The molecule has 0 amide bonds. The van der Waals surface area contributed by atoms with Gasteiger partial charge in [-0.15, -0.1) is 11.8 Å². The lowest BCUT2D eigenvalue weighted by Gasteiger charge is -2.13. The van der Waals surface area contributed by atoms with Crippen molar-refractivity contribution in [3.63, 3.8) is 0 Å². The molecule has 2 aromatic carbocycles. The van der Waals surface area contributed by atoms with Crippen molar-refractivity contribution in [3.8, 4) is 6.07 Å². The fourth-order valence-electron chi connectivity index (χ4n) is 2.16. The number of nitrogens with zero attached hydrogens (tertiary/aromatic N) is 1. The Kier molecular flexibility index (Phi) is 5.30. The summed E-state index contributed by atoms with van der Waals surface area (Å²) >= 11 is 1.70. The average Bonchev–Trinajstić information content (AvgIpc) is 2.48. The van der Waals surface area contributed by atoms with Crippen LogP contribution in [0.4, 0.5) is 11.4 Å². The Morgan fingerprint density at radius 2 is 1.95 bits per heavy atom. The van der Waals surface area contributed by atoms with Crippen LogP contribution in [0.1, 0.15) is 37.8 Å². The van der Waals surface area contributed by atoms with E-state index >= 15 is 0 Å². The SMILES string of the molecule is CCSc1cccc(Nc2cccc(C(C)C)c2)c1C#N. The molecular formula is C18H20N2S. The van der Waals surface area contributed by atoms with Gasteiger partial charge in [0, 0.05) is 10.6 Å². The normalized spacial score (nSPS) is 10.4. The lowest BCUT2D eigenvalue weighted by molar-refractivity contribution is 0.867. The highest BCUT2D eigenvalue weighted by molar-refractivity contribution is 7.99. The number of nitriles is 1. The monoisotopic (exact) mass is 296 g/mol. The minimum absolute atomic E-state index is 0.490. The van der Waals surface area contributed by atoms with E-state index in [2.05, 4.69) is 44.3 Å². The van der Waals surface area contributed by atoms with Crippen LogP contribution in [0, 0.1) is 11.3 Å². The van der Waals surface area contributed by atoms with Gasteiger partial charge in [0.25, 0.3) is 0 Å². The van der Waals surface area contributed by atoms with Gasteiger partial charge >= 0.3 is 0 Å². The van der Waals surface area contributed by atoms with E-state index in [1.807, 2.05) is 30.3 Å². The van der Waals surface area contributed by atoms with E-state index in [1.54, 1.807) is 11.8 Å². The van der Waals surface area contributed by atoms with E-state index < -0.39 is 0 Å². The third-order valence-corrected chi connectivity index (χ3v) is 4.21. The highest BCUT2D eigenvalue weighted by atomic mass is 32.2. The fraction of sp³-hybridized carbons (Fsp3) is 0.278. The first kappa shape index (κ1) is 15.5. The molecule has 0 heterocycles. The summed E-state index contributed by atoms with van der Waals surface area (Å²) in [6.07, 6.45) is 0. The van der Waals surface area contributed by atoms with Gasteiger partial charge in [0.05, 0.1) is 11.3 Å². The van der Waals surface area contributed by atoms with Gasteiger partial charge in [-0.05, 0) is 41.5 Å². The Balaban J connectivity index is 2.33. The van der Waals surface area contributed by atoms with E-state index in [1.165, 1.54) is 5.56 Å². The van der Waals surface area contributed by atoms with Gasteiger partial charge in [-0.25, -0.2) is 0 Å². The number of nitrogens with one attached hydrogen (secondary N) is 1. The second-order valence-corrected chi connectivity index (χ2v) is 6.43. The molecule has 2 nitrogen and oxygen atoms in total. The van der Waals surface area contributed by atoms with Crippen LogP contribution < -0.4 is 5.32 Å². The van der Waals surface area contributed by atoms with Gasteiger partial charge in [0.1, 0.15) is 6.07 Å². The zero-order valence-corrected chi connectivity index (χ0v) is 13.5. The molecule has 0 saturated carbocycles. The molecule has 0 atom stereocenters. The summed E-state index contributed by atoms with van der Waals surface area (Å²) in [4.78, 5) is 1.03. The standard InChI is InChI=1S/C18H20N2S/c1-4-21-18-10-6-9-17(16(18)12-19)20-15-8-5-7-14(11-15)13(2)3/h5-11,13,20H,4H2,1-3H3. The molecular weight excluding hydrogens is 276 g/mol. The van der Waals surface area contributed by atoms with Crippen molar-refractivity contribution in [1.29, 1.82) is 5.26 Å². The minimum Gasteiger partial charge on any atom is -0.354 e. The Labute approximate surface area is 131 Å². The minimum atomic E-state index is 0.490. The average molecular weight is 296 g/mol. The maximum absolute atomic E-state index is 9.44. The van der Waals surface area contributed by atoms with Crippen molar-refractivity contribution >= 4 is 23.1 Å². The first-order chi connectivity index (χ1) is 10.2. The summed E-state index contributed by atoms with van der Waals surface area (Å²) in [5, 5.41) is 12.8. The maximum atomic E-state index is 9.44. The van der Waals surface area contributed by atoms with Gasteiger partial charge in [-0.3, -0.25) is 0 Å². The zero-order valence-electron chi connectivity index (χ0n) is 12.7. The Hall–Kier alpha value is -1.92. The molecule has 0 aliphatic carbocycles. The molecule has 0 radical (unpaired) electrons. The van der Waals surface area contributed by atoms with Crippen molar-refractivity contribution in [3.05, 3.63) is 53.6 Å². The molecule has 0 aliphatic heterocycles. The second kappa shape index (κ2) is 7.19. The smallest absolute Gasteiger partial charge is 0.103 e. The van der Waals surface area contributed by atoms with Crippen LogP contribution in [0.5, 0.6) is 0 Å². The summed E-state index contributed by atoms with van der Waals surface area (Å²) in [6.45, 7) is 6.45. The molecule has 2 rings (SSSR count). The third-order valence-electron chi connectivity index (χ3n) is 3.27. The Morgan fingerprint density at radius 3 is 2.62 bits per heavy atom. The predicted molar refractivity (Wildman–Crippen MR) is 91.4 cm³/mol. The first-order valence-corrected chi connectivity index (χ1v) is 8.17. The number of anilines is 2. The van der Waals surface area contributed by atoms with Crippen molar-refractivity contribution in [2.75, 3.05) is 11.1 Å². The predicted octanol–water partition coefficient (Wildman–Crippen LogP) is 5.54. The van der Waals surface area contributed by atoms with Crippen molar-refractivity contribution < 1.29 is 0 Å². The highest BCUT2D eigenvalue weighted by Crippen LogP contribution is 2.30. The summed E-state index contributed by atoms with van der Waals surface area (Å²) in [5.41, 5.74) is 3.91. The van der Waals surface area contributed by atoms with Crippen LogP contribution in [0.25, 0.3) is 0 Å². The lowest BCUT2D eigenvalue weighted by Crippen LogP contribution is -1.96. The van der Waals surface area contributed by atoms with Crippen molar-refractivity contribution in [1.82, 2.24) is 0 Å². The molecule has 0 unspecified atom stereocenters. The van der Waals surface area contributed by atoms with E-state index in [-0.39, 0.29) is 0 Å². The molecule has 0 aliphatic rings. The maximum Gasteiger partial charge on any atom is 0.103 e. The van der Waals surface area contributed by atoms with Crippen molar-refractivity contribution in [2.45, 2.75) is 31.6 Å². The molecule has 0 aromatic heterocycles. The van der Waals surface area contributed by atoms with Crippen LogP contribution in [0.3, 0.4) is 0 Å². The van der Waals surface area contributed by atoms with E-state index in [4.69, 9.17) is 0 Å². The molecule has 0 spiro atoms. The number of hydrogen-bond donors (Lipinski definition) is 1. The first-order valence-electron chi connectivity index (χ1n) is 7.18. The third kappa shape index (κ3) is 3.80. The van der Waals surface area contributed by atoms with E-state index in [0.29, 0.717) is 5.92 Å².